The molecule has 2 aromatic heterocycles. The molecule has 30 heavy (non-hydrogen) atoms. The molecule has 0 radical (unpaired) electrons. The first-order valence-corrected chi connectivity index (χ1v) is 10.4. The van der Waals surface area contributed by atoms with Gasteiger partial charge in [0, 0.05) is 24.0 Å². The zero-order valence-electron chi connectivity index (χ0n) is 17.6. The monoisotopic (exact) mass is 398 g/mol. The molecule has 0 aliphatic rings. The number of fused-ring (bicyclic) bond motifs is 1. The van der Waals surface area contributed by atoms with Gasteiger partial charge < -0.3 is 5.32 Å². The van der Waals surface area contributed by atoms with Gasteiger partial charge in [-0.2, -0.15) is 4.98 Å². The lowest BCUT2D eigenvalue weighted by Crippen LogP contribution is -2.23. The van der Waals surface area contributed by atoms with Gasteiger partial charge in [-0.25, -0.2) is 4.98 Å². The molecule has 0 fully saturated rings. The molecular formula is C25H26N4O. The molecule has 2 aromatic carbocycles. The van der Waals surface area contributed by atoms with Gasteiger partial charge in [-0.3, -0.25) is 9.36 Å². The van der Waals surface area contributed by atoms with Crippen LogP contribution in [0.15, 0.2) is 65.5 Å². The van der Waals surface area contributed by atoms with E-state index in [2.05, 4.69) is 46.5 Å². The lowest BCUT2D eigenvalue weighted by molar-refractivity contribution is 0.672. The summed E-state index contributed by atoms with van der Waals surface area (Å²) in [6.45, 7) is 7.39. The van der Waals surface area contributed by atoms with Gasteiger partial charge in [-0.05, 0) is 43.0 Å². The molecule has 0 amide bonds. The van der Waals surface area contributed by atoms with E-state index in [1.165, 1.54) is 0 Å². The van der Waals surface area contributed by atoms with Crippen molar-refractivity contribution in [2.75, 3.05) is 11.9 Å². The summed E-state index contributed by atoms with van der Waals surface area (Å²) in [6, 6.07) is 20.3. The van der Waals surface area contributed by atoms with E-state index in [0.717, 1.165) is 40.7 Å². The zero-order chi connectivity index (χ0) is 21.1. The van der Waals surface area contributed by atoms with Crippen LogP contribution in [0.25, 0.3) is 33.3 Å². The van der Waals surface area contributed by atoms with Gasteiger partial charge in [0.05, 0.1) is 5.69 Å². The Morgan fingerprint density at radius 2 is 1.57 bits per heavy atom. The van der Waals surface area contributed by atoms with E-state index < -0.39 is 0 Å². The van der Waals surface area contributed by atoms with Gasteiger partial charge in [-0.15, -0.1) is 0 Å². The fraction of sp³-hybridized carbons (Fsp3) is 0.240. The van der Waals surface area contributed by atoms with E-state index >= 15 is 0 Å². The first kappa shape index (κ1) is 19.8. The van der Waals surface area contributed by atoms with Crippen LogP contribution in [-0.2, 0) is 6.54 Å². The number of nitrogens with one attached hydrogen (secondary N) is 1. The van der Waals surface area contributed by atoms with E-state index in [9.17, 15) is 4.79 Å². The van der Waals surface area contributed by atoms with Gasteiger partial charge in [0.15, 0.2) is 0 Å². The second kappa shape index (κ2) is 8.49. The minimum absolute atomic E-state index is 0.0163. The molecule has 0 bridgehead atoms. The largest absolute Gasteiger partial charge is 0.354 e. The van der Waals surface area contributed by atoms with E-state index in [-0.39, 0.29) is 5.56 Å². The van der Waals surface area contributed by atoms with Crippen LogP contribution in [0.4, 0.5) is 5.95 Å². The average Bonchev–Trinajstić information content (AvgIpc) is 2.77. The Morgan fingerprint density at radius 1 is 0.900 bits per heavy atom. The van der Waals surface area contributed by atoms with Crippen LogP contribution in [0.1, 0.15) is 26.0 Å². The first-order chi connectivity index (χ1) is 14.6. The third-order valence-electron chi connectivity index (χ3n) is 5.22. The second-order valence-electron chi connectivity index (χ2n) is 7.36. The number of pyridine rings is 1. The molecule has 0 saturated carbocycles. The summed E-state index contributed by atoms with van der Waals surface area (Å²) in [5.74, 6) is 0.562. The number of hydrogen-bond donors (Lipinski definition) is 1. The summed E-state index contributed by atoms with van der Waals surface area (Å²) >= 11 is 0. The van der Waals surface area contributed by atoms with Crippen molar-refractivity contribution in [3.63, 3.8) is 0 Å². The Kier molecular flexibility index (Phi) is 5.61. The van der Waals surface area contributed by atoms with Gasteiger partial charge in [0.2, 0.25) is 5.95 Å². The summed E-state index contributed by atoms with van der Waals surface area (Å²) in [5.41, 5.74) is 5.41. The Balaban J connectivity index is 1.87. The van der Waals surface area contributed by atoms with Crippen molar-refractivity contribution in [2.24, 2.45) is 0 Å². The molecular weight excluding hydrogens is 372 g/mol. The van der Waals surface area contributed by atoms with Crippen LogP contribution in [0, 0.1) is 6.92 Å². The third kappa shape index (κ3) is 3.71. The van der Waals surface area contributed by atoms with Crippen LogP contribution in [-0.4, -0.2) is 21.1 Å². The van der Waals surface area contributed by atoms with Crippen molar-refractivity contribution in [1.82, 2.24) is 14.5 Å². The lowest BCUT2D eigenvalue weighted by Gasteiger charge is -2.14. The van der Waals surface area contributed by atoms with Gasteiger partial charge in [-0.1, -0.05) is 61.5 Å². The molecule has 0 aliphatic heterocycles. The van der Waals surface area contributed by atoms with Crippen molar-refractivity contribution in [1.29, 1.82) is 0 Å². The van der Waals surface area contributed by atoms with Crippen LogP contribution < -0.4 is 10.9 Å². The van der Waals surface area contributed by atoms with Gasteiger partial charge in [0.1, 0.15) is 5.65 Å². The normalized spacial score (nSPS) is 11.0. The number of aryl methyl sites for hydroxylation is 2. The maximum Gasteiger partial charge on any atom is 0.260 e. The van der Waals surface area contributed by atoms with Gasteiger partial charge >= 0.3 is 0 Å². The molecule has 0 unspecified atom stereocenters. The molecule has 5 heteroatoms. The number of anilines is 1. The van der Waals surface area contributed by atoms with Gasteiger partial charge in [0.25, 0.3) is 5.56 Å². The SMILES string of the molecule is CCCn1c(=O)c(-c2ccc(-c3ccccc3)cc2)cc2c(C)nc(NCC)nc21. The van der Waals surface area contributed by atoms with Crippen molar-refractivity contribution >= 4 is 17.0 Å². The highest BCUT2D eigenvalue weighted by molar-refractivity contribution is 5.84. The molecule has 0 saturated heterocycles. The van der Waals surface area contributed by atoms with Crippen LogP contribution >= 0.6 is 0 Å². The van der Waals surface area contributed by atoms with Crippen LogP contribution in [0.2, 0.25) is 0 Å². The molecule has 2 heterocycles. The van der Waals surface area contributed by atoms with E-state index in [1.807, 2.05) is 50.2 Å². The van der Waals surface area contributed by atoms with Crippen LogP contribution in [0.3, 0.4) is 0 Å². The minimum Gasteiger partial charge on any atom is -0.354 e. The van der Waals surface area contributed by atoms with E-state index in [4.69, 9.17) is 0 Å². The Morgan fingerprint density at radius 3 is 2.23 bits per heavy atom. The minimum atomic E-state index is -0.0163. The molecule has 5 nitrogen and oxygen atoms in total. The quantitative estimate of drug-likeness (QED) is 0.480. The highest BCUT2D eigenvalue weighted by Crippen LogP contribution is 2.26. The molecule has 0 spiro atoms. The fourth-order valence-electron chi connectivity index (χ4n) is 3.74. The summed E-state index contributed by atoms with van der Waals surface area (Å²) in [6.07, 6.45) is 0.852. The zero-order valence-corrected chi connectivity index (χ0v) is 17.6. The molecule has 0 atom stereocenters. The predicted molar refractivity (Wildman–Crippen MR) is 124 cm³/mol. The third-order valence-corrected chi connectivity index (χ3v) is 5.22. The predicted octanol–water partition coefficient (Wildman–Crippen LogP) is 5.28. The highest BCUT2D eigenvalue weighted by atomic mass is 16.1. The molecule has 0 aliphatic carbocycles. The maximum absolute atomic E-state index is 13.4. The lowest BCUT2D eigenvalue weighted by atomic mass is 10.00. The molecule has 4 aromatic rings. The Labute approximate surface area is 176 Å². The summed E-state index contributed by atoms with van der Waals surface area (Å²) in [7, 11) is 0. The van der Waals surface area contributed by atoms with E-state index in [0.29, 0.717) is 23.7 Å². The highest BCUT2D eigenvalue weighted by Gasteiger charge is 2.15. The van der Waals surface area contributed by atoms with Crippen molar-refractivity contribution in [2.45, 2.75) is 33.7 Å². The Hall–Kier alpha value is -3.47. The molecule has 4 rings (SSSR count). The number of hydrogen-bond acceptors (Lipinski definition) is 4. The maximum atomic E-state index is 13.4. The summed E-state index contributed by atoms with van der Waals surface area (Å²) in [5, 5.41) is 4.07. The van der Waals surface area contributed by atoms with E-state index in [1.54, 1.807) is 4.57 Å². The first-order valence-electron chi connectivity index (χ1n) is 10.4. The van der Waals surface area contributed by atoms with Crippen LogP contribution in [0.5, 0.6) is 0 Å². The standard InChI is InChI=1S/C25H26N4O/c1-4-15-29-23-21(17(3)27-25(28-23)26-5-2)16-22(24(29)30)20-13-11-19(12-14-20)18-9-7-6-8-10-18/h6-14,16H,4-5,15H2,1-3H3,(H,26,27,28). The molecule has 1 N–H and O–H groups in total. The fourth-order valence-corrected chi connectivity index (χ4v) is 3.74. The molecule has 152 valence electrons. The smallest absolute Gasteiger partial charge is 0.260 e. The average molecular weight is 399 g/mol. The number of rotatable bonds is 6. The van der Waals surface area contributed by atoms with Crippen molar-refractivity contribution in [3.8, 4) is 22.3 Å². The topological polar surface area (TPSA) is 59.8 Å². The number of nitrogens with zero attached hydrogens (tertiary/aromatic N) is 3. The number of aromatic nitrogens is 3. The number of benzene rings is 2. The second-order valence-corrected chi connectivity index (χ2v) is 7.36. The summed E-state index contributed by atoms with van der Waals surface area (Å²) in [4.78, 5) is 22.6. The Bertz CT molecular complexity index is 1230. The van der Waals surface area contributed by atoms with Crippen molar-refractivity contribution in [3.05, 3.63) is 76.7 Å². The summed E-state index contributed by atoms with van der Waals surface area (Å²) < 4.78 is 1.78. The van der Waals surface area contributed by atoms with Crippen molar-refractivity contribution < 1.29 is 0 Å².